The Morgan fingerprint density at radius 2 is 1.90 bits per heavy atom. The second-order valence-electron chi connectivity index (χ2n) is 6.73. The van der Waals surface area contributed by atoms with Crippen LogP contribution in [-0.2, 0) is 14.8 Å². The summed E-state index contributed by atoms with van der Waals surface area (Å²) in [5.74, 6) is 0.157. The fraction of sp³-hybridized carbons (Fsp3) is 0.300. The lowest BCUT2D eigenvalue weighted by molar-refractivity contribution is -0.119. The molecule has 156 valence electrons. The number of aryl methyl sites for hydroxylation is 1. The molecular formula is C20H24ClN3O4S. The minimum absolute atomic E-state index is 0.0787. The number of carbonyl (C=O) groups excluding carboxylic acids is 1. The van der Waals surface area contributed by atoms with Crippen LogP contribution < -0.4 is 14.5 Å². The molecule has 29 heavy (non-hydrogen) atoms. The van der Waals surface area contributed by atoms with E-state index >= 15 is 0 Å². The van der Waals surface area contributed by atoms with Crippen molar-refractivity contribution in [1.29, 1.82) is 0 Å². The molecule has 0 aliphatic carbocycles. The van der Waals surface area contributed by atoms with Gasteiger partial charge in [0.1, 0.15) is 12.3 Å². The molecule has 1 N–H and O–H groups in total. The highest BCUT2D eigenvalue weighted by Gasteiger charge is 2.21. The Balaban J connectivity index is 2.03. The van der Waals surface area contributed by atoms with Crippen LogP contribution in [0.25, 0.3) is 0 Å². The summed E-state index contributed by atoms with van der Waals surface area (Å²) in [6.45, 7) is 5.26. The van der Waals surface area contributed by atoms with Gasteiger partial charge in [0.25, 0.3) is 5.91 Å². The topological polar surface area (TPSA) is 88.1 Å². The number of amides is 1. The molecule has 0 aliphatic rings. The van der Waals surface area contributed by atoms with Gasteiger partial charge in [-0.25, -0.2) is 13.8 Å². The summed E-state index contributed by atoms with van der Waals surface area (Å²) in [7, 11) is -3.69. The molecule has 0 unspecified atom stereocenters. The van der Waals surface area contributed by atoms with E-state index in [1.165, 1.54) is 12.3 Å². The number of ether oxygens (including phenoxy) is 1. The smallest absolute Gasteiger partial charge is 0.260 e. The Labute approximate surface area is 176 Å². The van der Waals surface area contributed by atoms with E-state index in [2.05, 4.69) is 10.5 Å². The van der Waals surface area contributed by atoms with Crippen molar-refractivity contribution < 1.29 is 17.9 Å². The van der Waals surface area contributed by atoms with Crippen LogP contribution in [0.5, 0.6) is 5.75 Å². The van der Waals surface area contributed by atoms with Gasteiger partial charge in [-0.3, -0.25) is 9.10 Å². The van der Waals surface area contributed by atoms with Crippen molar-refractivity contribution in [3.8, 4) is 5.75 Å². The molecule has 0 aromatic heterocycles. The van der Waals surface area contributed by atoms with Crippen LogP contribution in [0.4, 0.5) is 5.69 Å². The maximum atomic E-state index is 12.2. The number of rotatable bonds is 8. The third-order valence-corrected chi connectivity index (χ3v) is 5.33. The van der Waals surface area contributed by atoms with Crippen molar-refractivity contribution in [3.05, 3.63) is 58.6 Å². The average Bonchev–Trinajstić information content (AvgIpc) is 2.62. The number of hydrazone groups is 1. The van der Waals surface area contributed by atoms with Gasteiger partial charge in [-0.2, -0.15) is 5.10 Å². The van der Waals surface area contributed by atoms with Crippen LogP contribution in [0.15, 0.2) is 47.6 Å². The van der Waals surface area contributed by atoms with Crippen LogP contribution in [0, 0.1) is 6.92 Å². The third-order valence-electron chi connectivity index (χ3n) is 3.79. The van der Waals surface area contributed by atoms with Gasteiger partial charge in [0.2, 0.25) is 10.0 Å². The van der Waals surface area contributed by atoms with E-state index in [1.807, 2.05) is 13.8 Å². The van der Waals surface area contributed by atoms with Crippen molar-refractivity contribution in [2.45, 2.75) is 26.9 Å². The summed E-state index contributed by atoms with van der Waals surface area (Å²) in [5, 5.41) is 4.30. The van der Waals surface area contributed by atoms with E-state index in [0.29, 0.717) is 10.7 Å². The van der Waals surface area contributed by atoms with Crippen molar-refractivity contribution in [2.24, 2.45) is 5.10 Å². The number of nitrogens with one attached hydrogen (secondary N) is 1. The summed E-state index contributed by atoms with van der Waals surface area (Å²) < 4.78 is 30.8. The van der Waals surface area contributed by atoms with Gasteiger partial charge in [-0.15, -0.1) is 0 Å². The van der Waals surface area contributed by atoms with Gasteiger partial charge in [-0.05, 0) is 68.3 Å². The number of hydrogen-bond acceptors (Lipinski definition) is 5. The van der Waals surface area contributed by atoms with Gasteiger partial charge < -0.3 is 4.74 Å². The number of halogens is 1. The second kappa shape index (κ2) is 9.76. The number of hydrogen-bond donors (Lipinski definition) is 1. The van der Waals surface area contributed by atoms with E-state index in [-0.39, 0.29) is 6.10 Å². The molecule has 0 heterocycles. The maximum Gasteiger partial charge on any atom is 0.260 e. The third kappa shape index (κ3) is 7.07. The standard InChI is InChI=1S/C20H24ClN3O4S/c1-14(2)28-18-9-6-16(7-10-18)12-22-23-20(25)13-24(29(4,26)27)17-8-5-15(3)19(21)11-17/h5-12,14H,13H2,1-4H3,(H,23,25)/b22-12-. The number of sulfonamides is 1. The maximum absolute atomic E-state index is 12.2. The first kappa shape index (κ1) is 22.7. The van der Waals surface area contributed by atoms with Gasteiger partial charge >= 0.3 is 0 Å². The van der Waals surface area contributed by atoms with Crippen molar-refractivity contribution >= 4 is 39.4 Å². The van der Waals surface area contributed by atoms with Crippen LogP contribution in [0.2, 0.25) is 5.02 Å². The second-order valence-corrected chi connectivity index (χ2v) is 9.05. The summed E-state index contributed by atoms with van der Waals surface area (Å²) in [5.41, 5.74) is 4.21. The van der Waals surface area contributed by atoms with Crippen molar-refractivity contribution in [3.63, 3.8) is 0 Å². The Hall–Kier alpha value is -2.58. The zero-order chi connectivity index (χ0) is 21.6. The Kier molecular flexibility index (Phi) is 7.64. The molecule has 0 aliphatic heterocycles. The van der Waals surface area contributed by atoms with Gasteiger partial charge in [0.15, 0.2) is 0 Å². The largest absolute Gasteiger partial charge is 0.491 e. The summed E-state index contributed by atoms with van der Waals surface area (Å²) in [4.78, 5) is 12.2. The molecule has 1 amide bonds. The number of benzene rings is 2. The quantitative estimate of drug-likeness (QED) is 0.506. The first-order valence-electron chi connectivity index (χ1n) is 8.89. The molecule has 0 saturated heterocycles. The molecule has 0 atom stereocenters. The molecule has 9 heteroatoms. The van der Waals surface area contributed by atoms with Gasteiger partial charge in [-0.1, -0.05) is 17.7 Å². The summed E-state index contributed by atoms with van der Waals surface area (Å²) >= 11 is 6.08. The summed E-state index contributed by atoms with van der Waals surface area (Å²) in [6, 6.07) is 12.0. The highest BCUT2D eigenvalue weighted by Crippen LogP contribution is 2.24. The monoisotopic (exact) mass is 437 g/mol. The molecule has 7 nitrogen and oxygen atoms in total. The first-order chi connectivity index (χ1) is 13.6. The fourth-order valence-electron chi connectivity index (χ4n) is 2.39. The molecule has 2 rings (SSSR count). The average molecular weight is 438 g/mol. The predicted octanol–water partition coefficient (Wildman–Crippen LogP) is 3.35. The fourth-order valence-corrected chi connectivity index (χ4v) is 3.41. The minimum atomic E-state index is -3.69. The van der Waals surface area contributed by atoms with E-state index < -0.39 is 22.5 Å². The van der Waals surface area contributed by atoms with Crippen LogP contribution in [0.1, 0.15) is 25.0 Å². The zero-order valence-electron chi connectivity index (χ0n) is 16.7. The highest BCUT2D eigenvalue weighted by atomic mass is 35.5. The lowest BCUT2D eigenvalue weighted by Crippen LogP contribution is -2.39. The van der Waals surface area contributed by atoms with Crippen LogP contribution in [-0.4, -0.2) is 39.4 Å². The predicted molar refractivity (Wildman–Crippen MR) is 116 cm³/mol. The van der Waals surface area contributed by atoms with Crippen molar-refractivity contribution in [2.75, 3.05) is 17.1 Å². The molecule has 2 aromatic carbocycles. The molecule has 0 spiro atoms. The number of anilines is 1. The minimum Gasteiger partial charge on any atom is -0.491 e. The number of nitrogens with zero attached hydrogens (tertiary/aromatic N) is 2. The lowest BCUT2D eigenvalue weighted by atomic mass is 10.2. The Morgan fingerprint density at radius 1 is 1.24 bits per heavy atom. The first-order valence-corrected chi connectivity index (χ1v) is 11.1. The lowest BCUT2D eigenvalue weighted by Gasteiger charge is -2.21. The van der Waals surface area contributed by atoms with Gasteiger partial charge in [0.05, 0.1) is 24.3 Å². The molecular weight excluding hydrogens is 414 g/mol. The summed E-state index contributed by atoms with van der Waals surface area (Å²) in [6.07, 6.45) is 2.57. The Bertz CT molecular complexity index is 989. The van der Waals surface area contributed by atoms with Crippen LogP contribution in [0.3, 0.4) is 0 Å². The zero-order valence-corrected chi connectivity index (χ0v) is 18.3. The van der Waals surface area contributed by atoms with Crippen LogP contribution >= 0.6 is 11.6 Å². The van der Waals surface area contributed by atoms with E-state index in [1.54, 1.807) is 43.3 Å². The van der Waals surface area contributed by atoms with Crippen molar-refractivity contribution in [1.82, 2.24) is 5.43 Å². The van der Waals surface area contributed by atoms with E-state index in [4.69, 9.17) is 16.3 Å². The molecule has 0 bridgehead atoms. The molecule has 2 aromatic rings. The van der Waals surface area contributed by atoms with Gasteiger partial charge in [0, 0.05) is 5.02 Å². The molecule has 0 saturated carbocycles. The number of carbonyl (C=O) groups is 1. The SMILES string of the molecule is Cc1ccc(N(CC(=O)N/N=C\c2ccc(OC(C)C)cc2)S(C)(=O)=O)cc1Cl. The highest BCUT2D eigenvalue weighted by molar-refractivity contribution is 7.92. The molecule has 0 fully saturated rings. The normalized spacial score (nSPS) is 11.7. The Morgan fingerprint density at radius 3 is 2.45 bits per heavy atom. The molecule has 0 radical (unpaired) electrons. The van der Waals surface area contributed by atoms with E-state index in [9.17, 15) is 13.2 Å². The van der Waals surface area contributed by atoms with E-state index in [0.717, 1.165) is 27.4 Å².